The zero-order valence-electron chi connectivity index (χ0n) is 12.7. The van der Waals surface area contributed by atoms with Crippen LogP contribution in [0.1, 0.15) is 30.1 Å². The van der Waals surface area contributed by atoms with Gasteiger partial charge in [0.05, 0.1) is 11.3 Å². The fourth-order valence-corrected chi connectivity index (χ4v) is 3.03. The molecule has 1 aromatic rings. The first kappa shape index (κ1) is 14.2. The molecular weight excluding hydrogens is 266 g/mol. The molecule has 2 unspecified atom stereocenters. The second-order valence-corrected chi connectivity index (χ2v) is 5.98. The van der Waals surface area contributed by atoms with E-state index in [0.29, 0.717) is 24.0 Å². The van der Waals surface area contributed by atoms with Crippen LogP contribution >= 0.6 is 0 Å². The molecule has 2 atom stereocenters. The van der Waals surface area contributed by atoms with Gasteiger partial charge in [0, 0.05) is 25.2 Å². The molecule has 0 bridgehead atoms. The minimum Gasteiger partial charge on any atom is -0.489 e. The molecule has 5 nitrogen and oxygen atoms in total. The topological polar surface area (TPSA) is 53.6 Å². The number of hydrogen-bond acceptors (Lipinski definition) is 4. The number of rotatable bonds is 2. The Morgan fingerprint density at radius 2 is 2.33 bits per heavy atom. The molecular formula is C16H23N3O2. The molecule has 2 heterocycles. The number of carbonyl (C=O) groups is 1. The first-order valence-corrected chi connectivity index (χ1v) is 7.66. The smallest absolute Gasteiger partial charge is 0.255 e. The summed E-state index contributed by atoms with van der Waals surface area (Å²) in [6.07, 6.45) is 2.00. The van der Waals surface area contributed by atoms with Gasteiger partial charge in [0.15, 0.2) is 5.75 Å². The minimum absolute atomic E-state index is 0.0303. The van der Waals surface area contributed by atoms with Crippen molar-refractivity contribution in [3.05, 3.63) is 23.8 Å². The van der Waals surface area contributed by atoms with Crippen molar-refractivity contribution < 1.29 is 9.53 Å². The molecule has 2 N–H and O–H groups in total. The largest absolute Gasteiger partial charge is 0.489 e. The van der Waals surface area contributed by atoms with E-state index in [0.717, 1.165) is 31.6 Å². The number of piperidine rings is 1. The molecule has 0 spiro atoms. The Hall–Kier alpha value is -1.75. The van der Waals surface area contributed by atoms with Crippen LogP contribution in [0.2, 0.25) is 0 Å². The molecule has 21 heavy (non-hydrogen) atoms. The summed E-state index contributed by atoms with van der Waals surface area (Å²) < 4.78 is 5.67. The van der Waals surface area contributed by atoms with Gasteiger partial charge in [0.2, 0.25) is 0 Å². The second kappa shape index (κ2) is 5.93. The number of fused-ring (bicyclic) bond motifs is 1. The van der Waals surface area contributed by atoms with E-state index in [1.807, 2.05) is 18.2 Å². The van der Waals surface area contributed by atoms with Crippen molar-refractivity contribution in [2.75, 3.05) is 32.1 Å². The number of nitrogens with zero attached hydrogens (tertiary/aromatic N) is 1. The summed E-state index contributed by atoms with van der Waals surface area (Å²) >= 11 is 0. The Bertz CT molecular complexity index is 532. The fourth-order valence-electron chi connectivity index (χ4n) is 3.03. The molecule has 0 aromatic heterocycles. The van der Waals surface area contributed by atoms with Gasteiger partial charge in [0.25, 0.3) is 5.91 Å². The van der Waals surface area contributed by atoms with Crippen molar-refractivity contribution in [2.24, 2.45) is 0 Å². The van der Waals surface area contributed by atoms with Gasteiger partial charge in [-0.05, 0) is 38.9 Å². The highest BCUT2D eigenvalue weighted by molar-refractivity contribution is 5.99. The van der Waals surface area contributed by atoms with Gasteiger partial charge in [-0.25, -0.2) is 0 Å². The number of hydrogen-bond donors (Lipinski definition) is 2. The van der Waals surface area contributed by atoms with Gasteiger partial charge in [-0.2, -0.15) is 0 Å². The Morgan fingerprint density at radius 1 is 1.48 bits per heavy atom. The summed E-state index contributed by atoms with van der Waals surface area (Å²) in [4.78, 5) is 14.9. The van der Waals surface area contributed by atoms with Crippen molar-refractivity contribution in [3.8, 4) is 5.75 Å². The van der Waals surface area contributed by atoms with E-state index < -0.39 is 0 Å². The molecule has 114 valence electrons. The maximum atomic E-state index is 12.5. The number of likely N-dealkylation sites (tertiary alicyclic amines) is 1. The molecule has 2 aliphatic rings. The summed E-state index contributed by atoms with van der Waals surface area (Å²) in [5.41, 5.74) is 1.54. The molecule has 1 saturated heterocycles. The number of amides is 1. The van der Waals surface area contributed by atoms with Crippen LogP contribution in [0, 0.1) is 0 Å². The van der Waals surface area contributed by atoms with E-state index in [4.69, 9.17) is 4.74 Å². The normalized spacial score (nSPS) is 25.4. The van der Waals surface area contributed by atoms with E-state index in [2.05, 4.69) is 29.5 Å². The Labute approximate surface area is 125 Å². The van der Waals surface area contributed by atoms with Crippen molar-refractivity contribution in [2.45, 2.75) is 31.8 Å². The van der Waals surface area contributed by atoms with Crippen LogP contribution in [0.3, 0.4) is 0 Å². The summed E-state index contributed by atoms with van der Waals surface area (Å²) in [5, 5.41) is 6.43. The van der Waals surface area contributed by atoms with Gasteiger partial charge < -0.3 is 20.3 Å². The highest BCUT2D eigenvalue weighted by atomic mass is 16.5. The third kappa shape index (κ3) is 2.97. The van der Waals surface area contributed by atoms with Crippen molar-refractivity contribution in [3.63, 3.8) is 0 Å². The SMILES string of the molecule is CC1CC(NC(=O)c2cccc3c2OCCN3)CCN1C. The van der Waals surface area contributed by atoms with E-state index in [9.17, 15) is 4.79 Å². The monoisotopic (exact) mass is 289 g/mol. The molecule has 1 fully saturated rings. The van der Waals surface area contributed by atoms with Crippen LogP contribution in [0.4, 0.5) is 5.69 Å². The Kier molecular flexibility index (Phi) is 4.01. The lowest BCUT2D eigenvalue weighted by molar-refractivity contribution is 0.0892. The third-order valence-corrected chi connectivity index (χ3v) is 4.47. The van der Waals surface area contributed by atoms with E-state index in [-0.39, 0.29) is 11.9 Å². The van der Waals surface area contributed by atoms with Crippen LogP contribution in [-0.4, -0.2) is 49.6 Å². The van der Waals surface area contributed by atoms with Gasteiger partial charge in [0.1, 0.15) is 6.61 Å². The Morgan fingerprint density at radius 3 is 3.14 bits per heavy atom. The van der Waals surface area contributed by atoms with Crippen molar-refractivity contribution >= 4 is 11.6 Å². The van der Waals surface area contributed by atoms with Crippen molar-refractivity contribution in [1.82, 2.24) is 10.2 Å². The molecule has 2 aliphatic heterocycles. The van der Waals surface area contributed by atoms with Gasteiger partial charge in [-0.1, -0.05) is 6.07 Å². The van der Waals surface area contributed by atoms with Crippen LogP contribution < -0.4 is 15.4 Å². The molecule has 0 saturated carbocycles. The molecule has 0 aliphatic carbocycles. The van der Waals surface area contributed by atoms with E-state index in [1.54, 1.807) is 0 Å². The standard InChI is InChI=1S/C16H23N3O2/c1-11-10-12(6-8-19(11)2)18-16(20)13-4-3-5-14-15(13)21-9-7-17-14/h3-5,11-12,17H,6-10H2,1-2H3,(H,18,20). The maximum Gasteiger partial charge on any atom is 0.255 e. The first-order valence-electron chi connectivity index (χ1n) is 7.66. The second-order valence-electron chi connectivity index (χ2n) is 5.98. The van der Waals surface area contributed by atoms with Crippen LogP contribution in [0.15, 0.2) is 18.2 Å². The lowest BCUT2D eigenvalue weighted by atomic mass is 9.98. The summed E-state index contributed by atoms with van der Waals surface area (Å²) in [7, 11) is 2.13. The average Bonchev–Trinajstić information content (AvgIpc) is 2.50. The predicted molar refractivity (Wildman–Crippen MR) is 83.0 cm³/mol. The average molecular weight is 289 g/mol. The molecule has 3 rings (SSSR count). The van der Waals surface area contributed by atoms with Gasteiger partial charge in [-0.3, -0.25) is 4.79 Å². The summed E-state index contributed by atoms with van der Waals surface area (Å²) in [6.45, 7) is 4.61. The number of carbonyl (C=O) groups excluding carboxylic acids is 1. The zero-order chi connectivity index (χ0) is 14.8. The zero-order valence-corrected chi connectivity index (χ0v) is 12.7. The van der Waals surface area contributed by atoms with Crippen molar-refractivity contribution in [1.29, 1.82) is 0 Å². The van der Waals surface area contributed by atoms with Crippen LogP contribution in [0.5, 0.6) is 5.75 Å². The van der Waals surface area contributed by atoms with Crippen LogP contribution in [0.25, 0.3) is 0 Å². The van der Waals surface area contributed by atoms with Crippen LogP contribution in [-0.2, 0) is 0 Å². The first-order chi connectivity index (χ1) is 10.1. The highest BCUT2D eigenvalue weighted by Crippen LogP contribution is 2.31. The molecule has 1 aromatic carbocycles. The number of anilines is 1. The number of nitrogens with one attached hydrogen (secondary N) is 2. The molecule has 0 radical (unpaired) electrons. The summed E-state index contributed by atoms with van der Waals surface area (Å²) in [5.74, 6) is 0.652. The quantitative estimate of drug-likeness (QED) is 0.870. The number of para-hydroxylation sites is 1. The van der Waals surface area contributed by atoms with Gasteiger partial charge >= 0.3 is 0 Å². The number of ether oxygens (including phenoxy) is 1. The highest BCUT2D eigenvalue weighted by Gasteiger charge is 2.26. The number of benzene rings is 1. The third-order valence-electron chi connectivity index (χ3n) is 4.47. The molecule has 5 heteroatoms. The molecule has 1 amide bonds. The lowest BCUT2D eigenvalue weighted by Crippen LogP contribution is -2.47. The Balaban J connectivity index is 1.71. The minimum atomic E-state index is -0.0303. The van der Waals surface area contributed by atoms with Gasteiger partial charge in [-0.15, -0.1) is 0 Å². The fraction of sp³-hybridized carbons (Fsp3) is 0.562. The maximum absolute atomic E-state index is 12.5. The van der Waals surface area contributed by atoms with E-state index in [1.165, 1.54) is 0 Å². The lowest BCUT2D eigenvalue weighted by Gasteiger charge is -2.35. The summed E-state index contributed by atoms with van der Waals surface area (Å²) in [6, 6.07) is 6.43. The van der Waals surface area contributed by atoms with E-state index >= 15 is 0 Å². The predicted octanol–water partition coefficient (Wildman–Crippen LogP) is 1.70.